The molecule has 0 amide bonds. The van der Waals surface area contributed by atoms with Gasteiger partial charge in [0, 0.05) is 7.11 Å². The Hall–Kier alpha value is -1.55. The monoisotopic (exact) mass is 224 g/mol. The summed E-state index contributed by atoms with van der Waals surface area (Å²) in [7, 11) is 2.96. The average Bonchev–Trinajstić information content (AvgIpc) is 2.27. The molecule has 0 aliphatic heterocycles. The molecule has 0 saturated heterocycles. The van der Waals surface area contributed by atoms with Crippen LogP contribution in [0, 0.1) is 6.92 Å². The highest BCUT2D eigenvalue weighted by Crippen LogP contribution is 2.29. The van der Waals surface area contributed by atoms with Crippen molar-refractivity contribution < 1.29 is 19.4 Å². The van der Waals surface area contributed by atoms with Crippen molar-refractivity contribution in [3.05, 3.63) is 29.3 Å². The number of carbonyl (C=O) groups is 1. The number of hydrogen-bond donors (Lipinski definition) is 1. The number of ether oxygens (including phenoxy) is 2. The molecular formula is C12H16O4. The van der Waals surface area contributed by atoms with E-state index < -0.39 is 11.6 Å². The van der Waals surface area contributed by atoms with Gasteiger partial charge in [-0.25, -0.2) is 4.79 Å². The molecule has 1 N–H and O–H groups in total. The summed E-state index contributed by atoms with van der Waals surface area (Å²) in [5.41, 5.74) is 0.155. The van der Waals surface area contributed by atoms with Crippen LogP contribution in [0.2, 0.25) is 0 Å². The van der Waals surface area contributed by atoms with E-state index in [1.54, 1.807) is 25.3 Å². The maximum absolute atomic E-state index is 11.2. The summed E-state index contributed by atoms with van der Waals surface area (Å²) in [6, 6.07) is 5.20. The van der Waals surface area contributed by atoms with Crippen LogP contribution in [-0.4, -0.2) is 25.3 Å². The highest BCUT2D eigenvalue weighted by Gasteiger charge is 2.35. The molecule has 1 unspecified atom stereocenters. The van der Waals surface area contributed by atoms with Gasteiger partial charge >= 0.3 is 5.97 Å². The lowest BCUT2D eigenvalue weighted by Gasteiger charge is -2.24. The third-order valence-corrected chi connectivity index (χ3v) is 2.76. The van der Waals surface area contributed by atoms with Crippen molar-refractivity contribution in [3.63, 3.8) is 0 Å². The fraction of sp³-hybridized carbons (Fsp3) is 0.417. The summed E-state index contributed by atoms with van der Waals surface area (Å²) < 4.78 is 10.2. The summed E-state index contributed by atoms with van der Waals surface area (Å²) in [4.78, 5) is 11.2. The molecule has 0 spiro atoms. The lowest BCUT2D eigenvalue weighted by Crippen LogP contribution is -2.34. The van der Waals surface area contributed by atoms with Crippen LogP contribution in [0.15, 0.2) is 18.2 Å². The number of aryl methyl sites for hydroxylation is 1. The van der Waals surface area contributed by atoms with Gasteiger partial charge < -0.3 is 14.6 Å². The van der Waals surface area contributed by atoms with Crippen molar-refractivity contribution >= 4 is 5.97 Å². The Bertz CT molecular complexity index is 400. The van der Waals surface area contributed by atoms with E-state index >= 15 is 0 Å². The van der Waals surface area contributed by atoms with Gasteiger partial charge in [-0.05, 0) is 37.1 Å². The molecule has 4 heteroatoms. The normalized spacial score (nSPS) is 14.2. The van der Waals surface area contributed by atoms with Gasteiger partial charge in [-0.3, -0.25) is 0 Å². The highest BCUT2D eigenvalue weighted by molar-refractivity contribution is 5.79. The molecule has 4 nitrogen and oxygen atoms in total. The predicted molar refractivity (Wildman–Crippen MR) is 59.7 cm³/mol. The third-order valence-electron chi connectivity index (χ3n) is 2.76. The van der Waals surface area contributed by atoms with Crippen molar-refractivity contribution in [1.82, 2.24) is 0 Å². The first-order chi connectivity index (χ1) is 7.45. The van der Waals surface area contributed by atoms with Crippen LogP contribution in [0.25, 0.3) is 0 Å². The van der Waals surface area contributed by atoms with Crippen LogP contribution >= 0.6 is 0 Å². The molecule has 0 bridgehead atoms. The molecule has 0 aliphatic rings. The number of methoxy groups -OCH3 is 2. The first-order valence-corrected chi connectivity index (χ1v) is 4.89. The molecule has 1 atom stereocenters. The number of benzene rings is 1. The molecule has 88 valence electrons. The second-order valence-electron chi connectivity index (χ2n) is 3.73. The fourth-order valence-corrected chi connectivity index (χ4v) is 1.50. The minimum Gasteiger partial charge on any atom is -0.496 e. The zero-order chi connectivity index (χ0) is 12.3. The summed E-state index contributed by atoms with van der Waals surface area (Å²) in [5, 5.41) is 9.15. The number of carboxylic acids is 1. The van der Waals surface area contributed by atoms with E-state index in [2.05, 4.69) is 0 Å². The Morgan fingerprint density at radius 3 is 2.38 bits per heavy atom. The molecule has 0 aliphatic carbocycles. The zero-order valence-electron chi connectivity index (χ0n) is 9.90. The van der Waals surface area contributed by atoms with Gasteiger partial charge in [-0.2, -0.15) is 0 Å². The second-order valence-corrected chi connectivity index (χ2v) is 3.73. The lowest BCUT2D eigenvalue weighted by molar-refractivity contribution is -0.161. The maximum atomic E-state index is 11.2. The number of aliphatic carboxylic acids is 1. The van der Waals surface area contributed by atoms with E-state index in [-0.39, 0.29) is 0 Å². The fourth-order valence-electron chi connectivity index (χ4n) is 1.50. The summed E-state index contributed by atoms with van der Waals surface area (Å²) in [5.74, 6) is -0.285. The van der Waals surface area contributed by atoms with E-state index in [4.69, 9.17) is 14.6 Å². The van der Waals surface area contributed by atoms with Gasteiger partial charge in [0.05, 0.1) is 7.11 Å². The van der Waals surface area contributed by atoms with Gasteiger partial charge in [0.15, 0.2) is 5.60 Å². The van der Waals surface area contributed by atoms with Gasteiger partial charge in [0.25, 0.3) is 0 Å². The van der Waals surface area contributed by atoms with Gasteiger partial charge in [-0.1, -0.05) is 6.07 Å². The number of hydrogen-bond acceptors (Lipinski definition) is 3. The SMILES string of the molecule is COc1ccc(C(C)(OC)C(=O)O)cc1C. The Morgan fingerprint density at radius 2 is 2.00 bits per heavy atom. The predicted octanol–water partition coefficient (Wildman–Crippen LogP) is 1.95. The van der Waals surface area contributed by atoms with Crippen molar-refractivity contribution in [2.45, 2.75) is 19.4 Å². The molecule has 1 aromatic rings. The largest absolute Gasteiger partial charge is 0.496 e. The quantitative estimate of drug-likeness (QED) is 0.849. The third kappa shape index (κ3) is 2.02. The van der Waals surface area contributed by atoms with Crippen molar-refractivity contribution in [2.75, 3.05) is 14.2 Å². The number of carboxylic acid groups (broad SMARTS) is 1. The van der Waals surface area contributed by atoms with Crippen molar-refractivity contribution in [1.29, 1.82) is 0 Å². The summed E-state index contributed by atoms with van der Waals surface area (Å²) >= 11 is 0. The topological polar surface area (TPSA) is 55.8 Å². The average molecular weight is 224 g/mol. The van der Waals surface area contributed by atoms with E-state index in [1.165, 1.54) is 14.0 Å². The minimum atomic E-state index is -1.32. The number of rotatable bonds is 4. The molecule has 0 aromatic heterocycles. The summed E-state index contributed by atoms with van der Waals surface area (Å²) in [6.45, 7) is 3.39. The lowest BCUT2D eigenvalue weighted by atomic mass is 9.94. The van der Waals surface area contributed by atoms with E-state index in [0.717, 1.165) is 11.3 Å². The zero-order valence-corrected chi connectivity index (χ0v) is 9.90. The Labute approximate surface area is 94.8 Å². The molecule has 0 radical (unpaired) electrons. The summed E-state index contributed by atoms with van der Waals surface area (Å²) in [6.07, 6.45) is 0. The molecular weight excluding hydrogens is 208 g/mol. The Balaban J connectivity index is 3.23. The minimum absolute atomic E-state index is 0.598. The Morgan fingerprint density at radius 1 is 1.38 bits per heavy atom. The van der Waals surface area contributed by atoms with Gasteiger partial charge in [-0.15, -0.1) is 0 Å². The van der Waals surface area contributed by atoms with Crippen LogP contribution in [0.1, 0.15) is 18.1 Å². The molecule has 0 fully saturated rings. The molecule has 0 heterocycles. The second kappa shape index (κ2) is 4.53. The molecule has 0 saturated carbocycles. The van der Waals surface area contributed by atoms with Gasteiger partial charge in [0.1, 0.15) is 5.75 Å². The first-order valence-electron chi connectivity index (χ1n) is 4.89. The standard InChI is InChI=1S/C12H16O4/c1-8-7-9(5-6-10(8)15-3)12(2,16-4)11(13)14/h5-7H,1-4H3,(H,13,14). The maximum Gasteiger partial charge on any atom is 0.340 e. The molecule has 16 heavy (non-hydrogen) atoms. The van der Waals surface area contributed by atoms with E-state index in [0.29, 0.717) is 5.56 Å². The van der Waals surface area contributed by atoms with Crippen LogP contribution in [0.3, 0.4) is 0 Å². The first kappa shape index (κ1) is 12.5. The van der Waals surface area contributed by atoms with Crippen molar-refractivity contribution in [3.8, 4) is 5.75 Å². The van der Waals surface area contributed by atoms with Crippen molar-refractivity contribution in [2.24, 2.45) is 0 Å². The van der Waals surface area contributed by atoms with E-state index in [1.807, 2.05) is 6.92 Å². The molecule has 1 aromatic carbocycles. The van der Waals surface area contributed by atoms with Crippen LogP contribution in [0.4, 0.5) is 0 Å². The smallest absolute Gasteiger partial charge is 0.340 e. The van der Waals surface area contributed by atoms with Crippen LogP contribution in [-0.2, 0) is 15.1 Å². The van der Waals surface area contributed by atoms with Crippen LogP contribution < -0.4 is 4.74 Å². The van der Waals surface area contributed by atoms with E-state index in [9.17, 15) is 4.79 Å². The van der Waals surface area contributed by atoms with Gasteiger partial charge in [0.2, 0.25) is 0 Å². The molecule has 1 rings (SSSR count). The highest BCUT2D eigenvalue weighted by atomic mass is 16.5. The van der Waals surface area contributed by atoms with Crippen LogP contribution in [0.5, 0.6) is 5.75 Å². The Kier molecular flexibility index (Phi) is 3.55.